The Kier molecular flexibility index (Phi) is 4.66. The first-order chi connectivity index (χ1) is 9.57. The van der Waals surface area contributed by atoms with Crippen molar-refractivity contribution < 1.29 is 13.2 Å². The molecule has 0 unspecified atom stereocenters. The first kappa shape index (κ1) is 14.4. The fraction of sp³-hybridized carbons (Fsp3) is 0.250. The number of hydrogen-bond acceptors (Lipinski definition) is 1. The molecule has 2 rings (SSSR count). The molecule has 0 saturated heterocycles. The molecule has 0 radical (unpaired) electrons. The average Bonchev–Trinajstić information content (AvgIpc) is 2.44. The SMILES string of the molecule is FC(F)(F)c1ccccc1CCCNc1ccccc1. The fourth-order valence-corrected chi connectivity index (χ4v) is 2.08. The van der Waals surface area contributed by atoms with Gasteiger partial charge in [0.05, 0.1) is 5.56 Å². The topological polar surface area (TPSA) is 12.0 Å². The first-order valence-corrected chi connectivity index (χ1v) is 6.51. The van der Waals surface area contributed by atoms with Gasteiger partial charge in [-0.15, -0.1) is 0 Å². The van der Waals surface area contributed by atoms with Crippen LogP contribution in [-0.4, -0.2) is 6.54 Å². The summed E-state index contributed by atoms with van der Waals surface area (Å²) >= 11 is 0. The molecule has 0 fully saturated rings. The second kappa shape index (κ2) is 6.46. The predicted molar refractivity (Wildman–Crippen MR) is 74.7 cm³/mol. The zero-order chi connectivity index (χ0) is 14.4. The van der Waals surface area contributed by atoms with E-state index in [1.54, 1.807) is 12.1 Å². The summed E-state index contributed by atoms with van der Waals surface area (Å²) in [4.78, 5) is 0. The quantitative estimate of drug-likeness (QED) is 0.779. The van der Waals surface area contributed by atoms with E-state index < -0.39 is 11.7 Å². The number of hydrogen-bond donors (Lipinski definition) is 1. The van der Waals surface area contributed by atoms with Gasteiger partial charge in [0.1, 0.15) is 0 Å². The Hall–Kier alpha value is -1.97. The lowest BCUT2D eigenvalue weighted by molar-refractivity contribution is -0.138. The molecule has 106 valence electrons. The van der Waals surface area contributed by atoms with Crippen LogP contribution in [0.1, 0.15) is 17.5 Å². The number of anilines is 1. The molecule has 0 bridgehead atoms. The molecule has 0 aliphatic heterocycles. The lowest BCUT2D eigenvalue weighted by Crippen LogP contribution is -2.10. The van der Waals surface area contributed by atoms with Crippen molar-refractivity contribution >= 4 is 5.69 Å². The first-order valence-electron chi connectivity index (χ1n) is 6.51. The normalized spacial score (nSPS) is 11.3. The minimum Gasteiger partial charge on any atom is -0.385 e. The molecule has 0 heterocycles. The smallest absolute Gasteiger partial charge is 0.385 e. The van der Waals surface area contributed by atoms with E-state index in [1.807, 2.05) is 30.3 Å². The van der Waals surface area contributed by atoms with Crippen molar-refractivity contribution in [1.29, 1.82) is 0 Å². The van der Waals surface area contributed by atoms with Gasteiger partial charge in [-0.05, 0) is 36.6 Å². The third kappa shape index (κ3) is 4.02. The number of para-hydroxylation sites is 1. The second-order valence-electron chi connectivity index (χ2n) is 4.55. The van der Waals surface area contributed by atoms with E-state index >= 15 is 0 Å². The van der Waals surface area contributed by atoms with Gasteiger partial charge in [-0.2, -0.15) is 13.2 Å². The van der Waals surface area contributed by atoms with Crippen LogP contribution in [0.2, 0.25) is 0 Å². The summed E-state index contributed by atoms with van der Waals surface area (Å²) in [6.45, 7) is 0.649. The molecule has 0 aromatic heterocycles. The molecule has 1 nitrogen and oxygen atoms in total. The van der Waals surface area contributed by atoms with Crippen LogP contribution in [0.3, 0.4) is 0 Å². The molecule has 0 aliphatic carbocycles. The van der Waals surface area contributed by atoms with E-state index in [0.717, 1.165) is 11.8 Å². The predicted octanol–water partition coefficient (Wildman–Crippen LogP) is 4.75. The van der Waals surface area contributed by atoms with Crippen LogP contribution >= 0.6 is 0 Å². The van der Waals surface area contributed by atoms with Gasteiger partial charge in [-0.1, -0.05) is 36.4 Å². The maximum absolute atomic E-state index is 12.8. The minimum absolute atomic E-state index is 0.356. The van der Waals surface area contributed by atoms with Gasteiger partial charge < -0.3 is 5.32 Å². The van der Waals surface area contributed by atoms with Crippen LogP contribution in [0.5, 0.6) is 0 Å². The van der Waals surface area contributed by atoms with Crippen LogP contribution in [0.25, 0.3) is 0 Å². The van der Waals surface area contributed by atoms with Gasteiger partial charge in [0.15, 0.2) is 0 Å². The van der Waals surface area contributed by atoms with Crippen LogP contribution in [0.15, 0.2) is 54.6 Å². The van der Waals surface area contributed by atoms with E-state index in [4.69, 9.17) is 0 Å². The van der Waals surface area contributed by atoms with E-state index in [2.05, 4.69) is 5.32 Å². The van der Waals surface area contributed by atoms with Gasteiger partial charge >= 0.3 is 6.18 Å². The molecule has 0 spiro atoms. The van der Waals surface area contributed by atoms with Crippen molar-refractivity contribution in [3.05, 3.63) is 65.7 Å². The molecule has 4 heteroatoms. The number of benzene rings is 2. The summed E-state index contributed by atoms with van der Waals surface area (Å²) in [5.41, 5.74) is 0.811. The molecule has 20 heavy (non-hydrogen) atoms. The molecule has 0 saturated carbocycles. The molecular formula is C16H16F3N. The highest BCUT2D eigenvalue weighted by Gasteiger charge is 2.32. The third-order valence-electron chi connectivity index (χ3n) is 3.05. The molecule has 2 aromatic rings. The number of alkyl halides is 3. The monoisotopic (exact) mass is 279 g/mol. The number of halogens is 3. The highest BCUT2D eigenvalue weighted by molar-refractivity contribution is 5.42. The zero-order valence-corrected chi connectivity index (χ0v) is 11.0. The maximum Gasteiger partial charge on any atom is 0.416 e. The lowest BCUT2D eigenvalue weighted by Gasteiger charge is -2.12. The summed E-state index contributed by atoms with van der Waals surface area (Å²) in [6, 6.07) is 15.4. The molecule has 0 atom stereocenters. The highest BCUT2D eigenvalue weighted by Crippen LogP contribution is 2.32. The number of rotatable bonds is 5. The van der Waals surface area contributed by atoms with Crippen LogP contribution in [-0.2, 0) is 12.6 Å². The molecule has 0 aliphatic rings. The number of nitrogens with one attached hydrogen (secondary N) is 1. The Bertz CT molecular complexity index is 535. The molecular weight excluding hydrogens is 263 g/mol. The Labute approximate surface area is 116 Å². The molecule has 2 aromatic carbocycles. The third-order valence-corrected chi connectivity index (χ3v) is 3.05. The lowest BCUT2D eigenvalue weighted by atomic mass is 10.0. The Balaban J connectivity index is 1.89. The van der Waals surface area contributed by atoms with Crippen LogP contribution < -0.4 is 5.32 Å². The average molecular weight is 279 g/mol. The van der Waals surface area contributed by atoms with Gasteiger partial charge in [0.25, 0.3) is 0 Å². The number of aryl methyl sites for hydroxylation is 1. The van der Waals surface area contributed by atoms with Crippen molar-refractivity contribution in [1.82, 2.24) is 0 Å². The molecule has 0 amide bonds. The van der Waals surface area contributed by atoms with E-state index in [9.17, 15) is 13.2 Å². The van der Waals surface area contributed by atoms with Gasteiger partial charge in [-0.3, -0.25) is 0 Å². The van der Waals surface area contributed by atoms with Crippen molar-refractivity contribution in [2.45, 2.75) is 19.0 Å². The van der Waals surface area contributed by atoms with Crippen LogP contribution in [0, 0.1) is 0 Å². The summed E-state index contributed by atoms with van der Waals surface area (Å²) in [6.07, 6.45) is -3.21. The van der Waals surface area contributed by atoms with E-state index in [0.29, 0.717) is 24.9 Å². The highest BCUT2D eigenvalue weighted by atomic mass is 19.4. The van der Waals surface area contributed by atoms with E-state index in [-0.39, 0.29) is 0 Å². The summed E-state index contributed by atoms with van der Waals surface area (Å²) in [5.74, 6) is 0. The van der Waals surface area contributed by atoms with Crippen LogP contribution in [0.4, 0.5) is 18.9 Å². The van der Waals surface area contributed by atoms with Gasteiger partial charge in [0.2, 0.25) is 0 Å². The maximum atomic E-state index is 12.8. The minimum atomic E-state index is -4.27. The van der Waals surface area contributed by atoms with Crippen molar-refractivity contribution in [3.63, 3.8) is 0 Å². The van der Waals surface area contributed by atoms with Crippen molar-refractivity contribution in [2.24, 2.45) is 0 Å². The Morgan fingerprint density at radius 1 is 0.850 bits per heavy atom. The fourth-order valence-electron chi connectivity index (χ4n) is 2.08. The second-order valence-corrected chi connectivity index (χ2v) is 4.55. The summed E-state index contributed by atoms with van der Waals surface area (Å²) < 4.78 is 38.4. The largest absolute Gasteiger partial charge is 0.416 e. The Morgan fingerprint density at radius 3 is 2.20 bits per heavy atom. The standard InChI is InChI=1S/C16H16F3N/c17-16(18,19)15-11-5-4-7-13(15)8-6-12-20-14-9-2-1-3-10-14/h1-5,7,9-11,20H,6,8,12H2. The Morgan fingerprint density at radius 2 is 1.50 bits per heavy atom. The van der Waals surface area contributed by atoms with E-state index in [1.165, 1.54) is 6.07 Å². The summed E-state index contributed by atoms with van der Waals surface area (Å²) in [5, 5.41) is 3.19. The zero-order valence-electron chi connectivity index (χ0n) is 11.0. The van der Waals surface area contributed by atoms with Gasteiger partial charge in [-0.25, -0.2) is 0 Å². The summed E-state index contributed by atoms with van der Waals surface area (Å²) in [7, 11) is 0. The van der Waals surface area contributed by atoms with Crippen molar-refractivity contribution in [2.75, 3.05) is 11.9 Å². The van der Waals surface area contributed by atoms with Crippen molar-refractivity contribution in [3.8, 4) is 0 Å². The van der Waals surface area contributed by atoms with Gasteiger partial charge in [0, 0.05) is 12.2 Å². The molecule has 1 N–H and O–H groups in total.